The maximum Gasteiger partial charge on any atom is 0.319 e. The van der Waals surface area contributed by atoms with E-state index in [4.69, 9.17) is 5.11 Å². The van der Waals surface area contributed by atoms with E-state index in [1.54, 1.807) is 0 Å². The van der Waals surface area contributed by atoms with Crippen molar-refractivity contribution >= 4 is 17.7 Å². The van der Waals surface area contributed by atoms with E-state index in [2.05, 4.69) is 10.6 Å². The highest BCUT2D eigenvalue weighted by molar-refractivity contribution is 5.89. The average molecular weight is 338 g/mol. The van der Waals surface area contributed by atoms with Crippen LogP contribution in [0.4, 0.5) is 10.5 Å². The van der Waals surface area contributed by atoms with E-state index in [0.717, 1.165) is 16.8 Å². The smallest absolute Gasteiger partial charge is 0.319 e. The summed E-state index contributed by atoms with van der Waals surface area (Å²) in [5, 5.41) is 14.8. The maximum absolute atomic E-state index is 12.1. The molecule has 3 rings (SSSR count). The SMILES string of the molecule is O=C(Nc1ccc(-c2ccccc2)cc1)NC1CCC(C(=O)O)CC1. The molecule has 0 bridgehead atoms. The fourth-order valence-electron chi connectivity index (χ4n) is 3.21. The van der Waals surface area contributed by atoms with E-state index in [1.807, 2.05) is 54.6 Å². The number of carbonyl (C=O) groups is 2. The van der Waals surface area contributed by atoms with Crippen molar-refractivity contribution in [3.05, 3.63) is 54.6 Å². The molecule has 0 heterocycles. The second kappa shape index (κ2) is 7.83. The van der Waals surface area contributed by atoms with Crippen molar-refractivity contribution in [3.63, 3.8) is 0 Å². The van der Waals surface area contributed by atoms with Gasteiger partial charge in [0.05, 0.1) is 5.92 Å². The van der Waals surface area contributed by atoms with Gasteiger partial charge < -0.3 is 15.7 Å². The number of benzene rings is 2. The standard InChI is InChI=1S/C20H22N2O3/c23-19(24)16-8-12-18(13-9-16)22-20(25)21-17-10-6-15(7-11-17)14-4-2-1-3-5-14/h1-7,10-11,16,18H,8-9,12-13H2,(H,23,24)(H2,21,22,25). The van der Waals surface area contributed by atoms with Crippen LogP contribution in [0.1, 0.15) is 25.7 Å². The minimum Gasteiger partial charge on any atom is -0.481 e. The Kier molecular flexibility index (Phi) is 5.33. The monoisotopic (exact) mass is 338 g/mol. The van der Waals surface area contributed by atoms with E-state index in [1.165, 1.54) is 0 Å². The van der Waals surface area contributed by atoms with Gasteiger partial charge in [-0.05, 0) is 48.9 Å². The first kappa shape index (κ1) is 17.0. The van der Waals surface area contributed by atoms with Crippen molar-refractivity contribution in [2.75, 3.05) is 5.32 Å². The molecule has 2 aromatic rings. The Labute approximate surface area is 147 Å². The van der Waals surface area contributed by atoms with Gasteiger partial charge in [-0.2, -0.15) is 0 Å². The van der Waals surface area contributed by atoms with Gasteiger partial charge in [-0.1, -0.05) is 42.5 Å². The molecule has 1 fully saturated rings. The number of rotatable bonds is 4. The highest BCUT2D eigenvalue weighted by Crippen LogP contribution is 2.25. The minimum atomic E-state index is -0.735. The second-order valence-electron chi connectivity index (χ2n) is 6.43. The van der Waals surface area contributed by atoms with Crippen LogP contribution < -0.4 is 10.6 Å². The van der Waals surface area contributed by atoms with Crippen molar-refractivity contribution in [1.82, 2.24) is 5.32 Å². The van der Waals surface area contributed by atoms with Gasteiger partial charge in [0.2, 0.25) is 0 Å². The van der Waals surface area contributed by atoms with Gasteiger partial charge in [0.15, 0.2) is 0 Å². The van der Waals surface area contributed by atoms with E-state index < -0.39 is 5.97 Å². The number of anilines is 1. The number of hydrogen-bond acceptors (Lipinski definition) is 2. The number of amides is 2. The third-order valence-electron chi connectivity index (χ3n) is 4.66. The first-order valence-electron chi connectivity index (χ1n) is 8.57. The zero-order valence-corrected chi connectivity index (χ0v) is 13.9. The van der Waals surface area contributed by atoms with Crippen LogP contribution in [-0.4, -0.2) is 23.1 Å². The zero-order chi connectivity index (χ0) is 17.6. The molecule has 0 saturated heterocycles. The summed E-state index contributed by atoms with van der Waals surface area (Å²) in [6, 6.07) is 17.6. The Balaban J connectivity index is 1.51. The van der Waals surface area contributed by atoms with Crippen molar-refractivity contribution < 1.29 is 14.7 Å². The maximum atomic E-state index is 12.1. The fraction of sp³-hybridized carbons (Fsp3) is 0.300. The number of aliphatic carboxylic acids is 1. The van der Waals surface area contributed by atoms with Crippen LogP contribution in [0.5, 0.6) is 0 Å². The molecule has 5 nitrogen and oxygen atoms in total. The lowest BCUT2D eigenvalue weighted by Gasteiger charge is -2.26. The molecule has 1 aliphatic carbocycles. The van der Waals surface area contributed by atoms with Crippen LogP contribution in [0.3, 0.4) is 0 Å². The van der Waals surface area contributed by atoms with Gasteiger partial charge >= 0.3 is 12.0 Å². The Morgan fingerprint density at radius 1 is 0.840 bits per heavy atom. The van der Waals surface area contributed by atoms with Gasteiger partial charge in [0.1, 0.15) is 0 Å². The molecule has 3 N–H and O–H groups in total. The summed E-state index contributed by atoms with van der Waals surface area (Å²) < 4.78 is 0. The molecule has 2 amide bonds. The number of hydrogen-bond donors (Lipinski definition) is 3. The van der Waals surface area contributed by atoms with Crippen molar-refractivity contribution in [3.8, 4) is 11.1 Å². The van der Waals surface area contributed by atoms with Crippen LogP contribution in [-0.2, 0) is 4.79 Å². The predicted molar refractivity (Wildman–Crippen MR) is 97.4 cm³/mol. The molecule has 130 valence electrons. The Hall–Kier alpha value is -2.82. The predicted octanol–water partition coefficient (Wildman–Crippen LogP) is 4.12. The molecular weight excluding hydrogens is 316 g/mol. The molecule has 5 heteroatoms. The van der Waals surface area contributed by atoms with Crippen molar-refractivity contribution in [2.24, 2.45) is 5.92 Å². The molecule has 0 aliphatic heterocycles. The molecule has 0 spiro atoms. The molecular formula is C20H22N2O3. The molecule has 1 aliphatic rings. The van der Waals surface area contributed by atoms with Crippen LogP contribution in [0.25, 0.3) is 11.1 Å². The zero-order valence-electron chi connectivity index (χ0n) is 13.9. The fourth-order valence-corrected chi connectivity index (χ4v) is 3.21. The lowest BCUT2D eigenvalue weighted by atomic mass is 9.86. The highest BCUT2D eigenvalue weighted by atomic mass is 16.4. The molecule has 2 aromatic carbocycles. The molecule has 0 unspecified atom stereocenters. The van der Waals surface area contributed by atoms with Gasteiger partial charge in [-0.3, -0.25) is 4.79 Å². The molecule has 0 aromatic heterocycles. The van der Waals surface area contributed by atoms with Gasteiger partial charge in [0.25, 0.3) is 0 Å². The Morgan fingerprint density at radius 2 is 1.44 bits per heavy atom. The first-order valence-corrected chi connectivity index (χ1v) is 8.57. The number of urea groups is 1. The van der Waals surface area contributed by atoms with Crippen LogP contribution in [0.2, 0.25) is 0 Å². The topological polar surface area (TPSA) is 78.4 Å². The summed E-state index contributed by atoms with van der Waals surface area (Å²) >= 11 is 0. The van der Waals surface area contributed by atoms with E-state index in [0.29, 0.717) is 25.7 Å². The van der Waals surface area contributed by atoms with Crippen LogP contribution in [0.15, 0.2) is 54.6 Å². The third-order valence-corrected chi connectivity index (χ3v) is 4.66. The summed E-state index contributed by atoms with van der Waals surface area (Å²) in [6.45, 7) is 0. The van der Waals surface area contributed by atoms with E-state index in [9.17, 15) is 9.59 Å². The molecule has 0 atom stereocenters. The summed E-state index contributed by atoms with van der Waals surface area (Å²) in [4.78, 5) is 23.1. The van der Waals surface area contributed by atoms with Crippen LogP contribution in [0, 0.1) is 5.92 Å². The first-order chi connectivity index (χ1) is 12.1. The number of carboxylic acids is 1. The van der Waals surface area contributed by atoms with E-state index in [-0.39, 0.29) is 18.0 Å². The quantitative estimate of drug-likeness (QED) is 0.785. The van der Waals surface area contributed by atoms with Gasteiger partial charge in [0, 0.05) is 11.7 Å². The average Bonchev–Trinajstić information content (AvgIpc) is 2.63. The van der Waals surface area contributed by atoms with Gasteiger partial charge in [-0.15, -0.1) is 0 Å². The molecule has 0 radical (unpaired) electrons. The molecule has 25 heavy (non-hydrogen) atoms. The third kappa shape index (κ3) is 4.59. The van der Waals surface area contributed by atoms with Crippen molar-refractivity contribution in [2.45, 2.75) is 31.7 Å². The summed E-state index contributed by atoms with van der Waals surface area (Å²) in [7, 11) is 0. The van der Waals surface area contributed by atoms with E-state index >= 15 is 0 Å². The lowest BCUT2D eigenvalue weighted by molar-refractivity contribution is -0.142. The Bertz CT molecular complexity index is 720. The summed E-state index contributed by atoms with van der Waals surface area (Å²) in [5.41, 5.74) is 2.96. The minimum absolute atomic E-state index is 0.0409. The molecule has 1 saturated carbocycles. The van der Waals surface area contributed by atoms with Crippen LogP contribution >= 0.6 is 0 Å². The summed E-state index contributed by atoms with van der Waals surface area (Å²) in [6.07, 6.45) is 2.65. The summed E-state index contributed by atoms with van der Waals surface area (Å²) in [5.74, 6) is -1.01. The highest BCUT2D eigenvalue weighted by Gasteiger charge is 2.26. The largest absolute Gasteiger partial charge is 0.481 e. The van der Waals surface area contributed by atoms with Crippen molar-refractivity contribution in [1.29, 1.82) is 0 Å². The second-order valence-corrected chi connectivity index (χ2v) is 6.43. The Morgan fingerprint density at radius 3 is 2.04 bits per heavy atom. The number of carbonyl (C=O) groups excluding carboxylic acids is 1. The number of carboxylic acid groups (broad SMARTS) is 1. The lowest BCUT2D eigenvalue weighted by Crippen LogP contribution is -2.40. The van der Waals surface area contributed by atoms with Gasteiger partial charge in [-0.25, -0.2) is 4.79 Å². The normalized spacial score (nSPS) is 19.8. The number of nitrogens with one attached hydrogen (secondary N) is 2.